The number of carbonyl (C=O) groups excluding carboxylic acids is 1. The Hall–Kier alpha value is -3.34. The monoisotopic (exact) mass is 361 g/mol. The number of amides is 1. The highest BCUT2D eigenvalue weighted by molar-refractivity contribution is 6.02. The first-order valence-corrected chi connectivity index (χ1v) is 8.81. The number of hydrogen-bond acceptors (Lipinski definition) is 3. The Kier molecular flexibility index (Phi) is 5.71. The van der Waals surface area contributed by atoms with Gasteiger partial charge in [-0.25, -0.2) is 5.43 Å². The summed E-state index contributed by atoms with van der Waals surface area (Å²) in [5.41, 5.74) is 8.11. The van der Waals surface area contributed by atoms with E-state index in [1.807, 2.05) is 69.4 Å². The van der Waals surface area contributed by atoms with Gasteiger partial charge in [0.15, 0.2) is 0 Å². The van der Waals surface area contributed by atoms with Crippen LogP contribution < -0.4 is 10.2 Å². The maximum absolute atomic E-state index is 12.3. The highest BCUT2D eigenvalue weighted by Crippen LogP contribution is 2.14. The predicted octanol–water partition coefficient (Wildman–Crippen LogP) is 4.36. The summed E-state index contributed by atoms with van der Waals surface area (Å²) in [6, 6.07) is 17.0. The summed E-state index contributed by atoms with van der Waals surface area (Å²) in [6.07, 6.45) is 1.93. The zero-order valence-electron chi connectivity index (χ0n) is 15.7. The van der Waals surface area contributed by atoms with Crippen molar-refractivity contribution in [2.75, 3.05) is 0 Å². The standard InChI is InChI=1S/C22H23N3O2/c1-15-13-23-16(2)21(15)17(3)24-25-22(26)19-11-9-18(10-12-19)14-27-20-7-5-4-6-8-20/h4-13,23H,14H2,1-3H3,(H,25,26)/b24-17+. The van der Waals surface area contributed by atoms with Crippen molar-refractivity contribution in [2.45, 2.75) is 27.4 Å². The average molecular weight is 361 g/mol. The van der Waals surface area contributed by atoms with Gasteiger partial charge in [0, 0.05) is 23.0 Å². The zero-order chi connectivity index (χ0) is 19.2. The van der Waals surface area contributed by atoms with Crippen LogP contribution in [0.25, 0.3) is 0 Å². The maximum atomic E-state index is 12.3. The van der Waals surface area contributed by atoms with E-state index in [1.54, 1.807) is 12.1 Å². The maximum Gasteiger partial charge on any atom is 0.271 e. The third kappa shape index (κ3) is 4.64. The molecule has 0 saturated carbocycles. The molecule has 5 nitrogen and oxygen atoms in total. The van der Waals surface area contributed by atoms with Crippen LogP contribution in [0.5, 0.6) is 5.75 Å². The number of benzene rings is 2. The summed E-state index contributed by atoms with van der Waals surface area (Å²) in [6.45, 7) is 6.33. The minimum Gasteiger partial charge on any atom is -0.489 e. The van der Waals surface area contributed by atoms with Gasteiger partial charge in [0.2, 0.25) is 0 Å². The molecule has 3 rings (SSSR count). The van der Waals surface area contributed by atoms with Crippen LogP contribution in [0.2, 0.25) is 0 Å². The Bertz CT molecular complexity index is 922. The second-order valence-corrected chi connectivity index (χ2v) is 6.41. The minimum absolute atomic E-state index is 0.240. The molecule has 1 aromatic heterocycles. The highest BCUT2D eigenvalue weighted by atomic mass is 16.5. The van der Waals surface area contributed by atoms with E-state index < -0.39 is 0 Å². The van der Waals surface area contributed by atoms with Gasteiger partial charge in [-0.2, -0.15) is 5.10 Å². The molecule has 1 amide bonds. The Balaban J connectivity index is 1.59. The zero-order valence-corrected chi connectivity index (χ0v) is 15.7. The highest BCUT2D eigenvalue weighted by Gasteiger charge is 2.09. The van der Waals surface area contributed by atoms with Crippen molar-refractivity contribution in [2.24, 2.45) is 5.10 Å². The van der Waals surface area contributed by atoms with Gasteiger partial charge in [0.05, 0.1) is 5.71 Å². The van der Waals surface area contributed by atoms with Crippen LogP contribution in [-0.2, 0) is 6.61 Å². The van der Waals surface area contributed by atoms with Crippen molar-refractivity contribution in [3.8, 4) is 5.75 Å². The van der Waals surface area contributed by atoms with Gasteiger partial charge in [-0.05, 0) is 56.2 Å². The summed E-state index contributed by atoms with van der Waals surface area (Å²) in [7, 11) is 0. The largest absolute Gasteiger partial charge is 0.489 e. The van der Waals surface area contributed by atoms with E-state index in [-0.39, 0.29) is 5.91 Å². The second-order valence-electron chi connectivity index (χ2n) is 6.41. The predicted molar refractivity (Wildman–Crippen MR) is 107 cm³/mol. The normalized spacial score (nSPS) is 11.3. The number of para-hydroxylation sites is 1. The third-order valence-electron chi connectivity index (χ3n) is 4.33. The van der Waals surface area contributed by atoms with Gasteiger partial charge in [0.25, 0.3) is 5.91 Å². The van der Waals surface area contributed by atoms with Crippen LogP contribution in [0, 0.1) is 13.8 Å². The third-order valence-corrected chi connectivity index (χ3v) is 4.33. The summed E-state index contributed by atoms with van der Waals surface area (Å²) in [5.74, 6) is 0.579. The topological polar surface area (TPSA) is 66.5 Å². The van der Waals surface area contributed by atoms with E-state index in [0.717, 1.165) is 33.8 Å². The minimum atomic E-state index is -0.240. The molecular formula is C22H23N3O2. The molecule has 0 spiro atoms. The van der Waals surface area contributed by atoms with Crippen LogP contribution in [0.1, 0.15) is 39.7 Å². The first-order chi connectivity index (χ1) is 13.0. The van der Waals surface area contributed by atoms with Gasteiger partial charge in [-0.15, -0.1) is 0 Å². The van der Waals surface area contributed by atoms with Crippen LogP contribution in [0.4, 0.5) is 0 Å². The number of carbonyl (C=O) groups is 1. The molecule has 0 unspecified atom stereocenters. The van der Waals surface area contributed by atoms with E-state index in [1.165, 1.54) is 0 Å². The SMILES string of the molecule is C/C(=N\NC(=O)c1ccc(COc2ccccc2)cc1)c1c(C)c[nH]c1C. The van der Waals surface area contributed by atoms with E-state index in [9.17, 15) is 4.79 Å². The molecule has 0 aliphatic heterocycles. The second kappa shape index (κ2) is 8.36. The van der Waals surface area contributed by atoms with Crippen molar-refractivity contribution < 1.29 is 9.53 Å². The molecule has 3 aromatic rings. The molecule has 2 N–H and O–H groups in total. The molecule has 0 radical (unpaired) electrons. The van der Waals surface area contributed by atoms with Crippen LogP contribution in [0.3, 0.4) is 0 Å². The fourth-order valence-corrected chi connectivity index (χ4v) is 2.90. The molecule has 5 heteroatoms. The molecule has 27 heavy (non-hydrogen) atoms. The summed E-state index contributed by atoms with van der Waals surface area (Å²) < 4.78 is 5.71. The number of aryl methyl sites for hydroxylation is 2. The Morgan fingerprint density at radius 1 is 1.07 bits per heavy atom. The van der Waals surface area contributed by atoms with E-state index in [4.69, 9.17) is 4.74 Å². The van der Waals surface area contributed by atoms with Gasteiger partial charge >= 0.3 is 0 Å². The summed E-state index contributed by atoms with van der Waals surface area (Å²) in [5, 5.41) is 4.24. The molecule has 0 aliphatic carbocycles. The number of aromatic amines is 1. The van der Waals surface area contributed by atoms with Gasteiger partial charge in [0.1, 0.15) is 12.4 Å². The number of nitrogens with one attached hydrogen (secondary N) is 2. The van der Waals surface area contributed by atoms with Crippen molar-refractivity contribution in [1.82, 2.24) is 10.4 Å². The number of nitrogens with zero attached hydrogens (tertiary/aromatic N) is 1. The van der Waals surface area contributed by atoms with Crippen molar-refractivity contribution in [3.05, 3.63) is 88.7 Å². The molecule has 138 valence electrons. The Morgan fingerprint density at radius 2 is 1.78 bits per heavy atom. The van der Waals surface area contributed by atoms with Crippen molar-refractivity contribution in [3.63, 3.8) is 0 Å². The number of ether oxygens (including phenoxy) is 1. The molecule has 0 atom stereocenters. The van der Waals surface area contributed by atoms with Crippen LogP contribution in [0.15, 0.2) is 65.9 Å². The lowest BCUT2D eigenvalue weighted by Crippen LogP contribution is -2.19. The smallest absolute Gasteiger partial charge is 0.271 e. The Morgan fingerprint density at radius 3 is 2.41 bits per heavy atom. The summed E-state index contributed by atoms with van der Waals surface area (Å²) in [4.78, 5) is 15.5. The number of hydrazone groups is 1. The molecule has 0 bridgehead atoms. The molecule has 0 aliphatic rings. The van der Waals surface area contributed by atoms with Crippen LogP contribution in [-0.4, -0.2) is 16.6 Å². The molecule has 1 heterocycles. The van der Waals surface area contributed by atoms with Gasteiger partial charge < -0.3 is 9.72 Å². The van der Waals surface area contributed by atoms with Gasteiger partial charge in [-0.3, -0.25) is 4.79 Å². The van der Waals surface area contributed by atoms with Crippen molar-refractivity contribution >= 4 is 11.6 Å². The number of rotatable bonds is 6. The quantitative estimate of drug-likeness (QED) is 0.506. The molecule has 2 aromatic carbocycles. The first-order valence-electron chi connectivity index (χ1n) is 8.81. The van der Waals surface area contributed by atoms with Gasteiger partial charge in [-0.1, -0.05) is 30.3 Å². The number of aromatic nitrogens is 1. The van der Waals surface area contributed by atoms with E-state index >= 15 is 0 Å². The number of hydrogen-bond donors (Lipinski definition) is 2. The van der Waals surface area contributed by atoms with Crippen LogP contribution >= 0.6 is 0 Å². The lowest BCUT2D eigenvalue weighted by molar-refractivity contribution is 0.0954. The molecule has 0 fully saturated rings. The van der Waals surface area contributed by atoms with E-state index in [2.05, 4.69) is 15.5 Å². The fraction of sp³-hybridized carbons (Fsp3) is 0.182. The first kappa shape index (κ1) is 18.5. The molecule has 0 saturated heterocycles. The number of H-pyrrole nitrogens is 1. The Labute approximate surface area is 159 Å². The summed E-state index contributed by atoms with van der Waals surface area (Å²) >= 11 is 0. The van der Waals surface area contributed by atoms with E-state index in [0.29, 0.717) is 12.2 Å². The lowest BCUT2D eigenvalue weighted by atomic mass is 10.1. The fourth-order valence-electron chi connectivity index (χ4n) is 2.90. The molecular weight excluding hydrogens is 338 g/mol. The lowest BCUT2D eigenvalue weighted by Gasteiger charge is -2.07. The average Bonchev–Trinajstić information content (AvgIpc) is 3.03. The van der Waals surface area contributed by atoms with Crippen molar-refractivity contribution in [1.29, 1.82) is 0 Å².